The van der Waals surface area contributed by atoms with Crippen molar-refractivity contribution in [2.24, 2.45) is 5.73 Å². The molecule has 2 fully saturated rings. The van der Waals surface area contributed by atoms with Gasteiger partial charge in [0.05, 0.1) is 28.5 Å². The fourth-order valence-electron chi connectivity index (χ4n) is 5.64. The highest BCUT2D eigenvalue weighted by Gasteiger charge is 2.46. The lowest BCUT2D eigenvalue weighted by Gasteiger charge is -2.46. The summed E-state index contributed by atoms with van der Waals surface area (Å²) in [4.78, 5) is 23.0. The maximum absolute atomic E-state index is 14.0. The fourth-order valence-corrected chi connectivity index (χ4v) is 5.64. The first-order chi connectivity index (χ1) is 16.4. The molecule has 0 bridgehead atoms. The molecule has 0 radical (unpaired) electrons. The van der Waals surface area contributed by atoms with E-state index in [1.165, 1.54) is 6.07 Å². The van der Waals surface area contributed by atoms with Crippen molar-refractivity contribution >= 4 is 16.8 Å². The number of pyridine rings is 1. The average Bonchev–Trinajstić information content (AvgIpc) is 3.57. The molecule has 2 atom stereocenters. The zero-order valence-electron chi connectivity index (χ0n) is 19.4. The number of nitrogens with two attached hydrogens (primary N) is 1. The zero-order valence-corrected chi connectivity index (χ0v) is 19.4. The van der Waals surface area contributed by atoms with Crippen molar-refractivity contribution in [3.63, 3.8) is 0 Å². The first kappa shape index (κ1) is 22.9. The summed E-state index contributed by atoms with van der Waals surface area (Å²) in [6.45, 7) is 4.67. The van der Waals surface area contributed by atoms with Crippen molar-refractivity contribution in [3.05, 3.63) is 65.7 Å². The lowest BCUT2D eigenvalue weighted by atomic mass is 9.93. The number of para-hydroxylation sites is 1. The predicted molar refractivity (Wildman–Crippen MR) is 129 cm³/mol. The molecule has 2 N–H and O–H groups in total. The van der Waals surface area contributed by atoms with Crippen molar-refractivity contribution in [2.75, 3.05) is 19.6 Å². The highest BCUT2D eigenvalue weighted by molar-refractivity contribution is 6.07. The lowest BCUT2D eigenvalue weighted by Crippen LogP contribution is -2.66. The van der Waals surface area contributed by atoms with E-state index in [0.717, 1.165) is 62.7 Å². The van der Waals surface area contributed by atoms with E-state index >= 15 is 0 Å². The molecule has 34 heavy (non-hydrogen) atoms. The van der Waals surface area contributed by atoms with Gasteiger partial charge in [-0.25, -0.2) is 13.8 Å². The Balaban J connectivity index is 1.57. The van der Waals surface area contributed by atoms with Crippen LogP contribution in [0.25, 0.3) is 22.2 Å². The molecular weight excluding hydrogens is 434 g/mol. The molecule has 3 aromatic rings. The van der Waals surface area contributed by atoms with Crippen molar-refractivity contribution in [1.82, 2.24) is 14.8 Å². The Bertz CT molecular complexity index is 1230. The highest BCUT2D eigenvalue weighted by atomic mass is 19.2. The number of hydrogen-bond acceptors (Lipinski definition) is 4. The van der Waals surface area contributed by atoms with Crippen LogP contribution in [0.5, 0.6) is 0 Å². The van der Waals surface area contributed by atoms with Crippen molar-refractivity contribution in [1.29, 1.82) is 0 Å². The van der Waals surface area contributed by atoms with Crippen LogP contribution in [0.2, 0.25) is 0 Å². The number of likely N-dealkylation sites (tertiary alicyclic amines) is 2. The van der Waals surface area contributed by atoms with Gasteiger partial charge in [-0.05, 0) is 75.5 Å². The second kappa shape index (κ2) is 9.04. The molecule has 1 unspecified atom stereocenters. The number of halogens is 2. The molecule has 3 heterocycles. The van der Waals surface area contributed by atoms with Gasteiger partial charge in [0.1, 0.15) is 0 Å². The Hall–Kier alpha value is -2.90. The van der Waals surface area contributed by atoms with E-state index < -0.39 is 17.3 Å². The van der Waals surface area contributed by atoms with Crippen molar-refractivity contribution in [2.45, 2.75) is 50.7 Å². The van der Waals surface area contributed by atoms with Crippen LogP contribution in [-0.2, 0) is 0 Å². The van der Waals surface area contributed by atoms with E-state index in [4.69, 9.17) is 5.73 Å². The molecule has 1 amide bonds. The van der Waals surface area contributed by atoms with Crippen LogP contribution >= 0.6 is 0 Å². The molecule has 7 heteroatoms. The minimum Gasteiger partial charge on any atom is -0.332 e. The van der Waals surface area contributed by atoms with Crippen LogP contribution in [0, 0.1) is 11.6 Å². The van der Waals surface area contributed by atoms with Gasteiger partial charge in [0.15, 0.2) is 11.6 Å². The first-order valence-corrected chi connectivity index (χ1v) is 12.1. The number of carbonyl (C=O) groups excluding carboxylic acids is 1. The van der Waals surface area contributed by atoms with Crippen LogP contribution < -0.4 is 5.73 Å². The van der Waals surface area contributed by atoms with Crippen molar-refractivity contribution in [3.8, 4) is 11.3 Å². The second-order valence-corrected chi connectivity index (χ2v) is 9.40. The predicted octanol–water partition coefficient (Wildman–Crippen LogP) is 4.95. The topological polar surface area (TPSA) is 62.5 Å². The summed E-state index contributed by atoms with van der Waals surface area (Å²) in [6, 6.07) is 12.8. The Morgan fingerprint density at radius 2 is 1.82 bits per heavy atom. The third-order valence-electron chi connectivity index (χ3n) is 7.51. The third kappa shape index (κ3) is 3.87. The third-order valence-corrected chi connectivity index (χ3v) is 7.51. The Morgan fingerprint density at radius 3 is 2.56 bits per heavy atom. The summed E-state index contributed by atoms with van der Waals surface area (Å²) < 4.78 is 27.5. The number of benzene rings is 2. The van der Waals surface area contributed by atoms with E-state index in [1.807, 2.05) is 29.2 Å². The normalized spacial score (nSPS) is 20.7. The van der Waals surface area contributed by atoms with Gasteiger partial charge >= 0.3 is 0 Å². The van der Waals surface area contributed by atoms with Gasteiger partial charge in [-0.3, -0.25) is 9.69 Å². The summed E-state index contributed by atoms with van der Waals surface area (Å²) in [6.07, 6.45) is 4.80. The van der Waals surface area contributed by atoms with Gasteiger partial charge in [0.25, 0.3) is 5.91 Å². The number of carbonyl (C=O) groups is 1. The summed E-state index contributed by atoms with van der Waals surface area (Å²) in [5, 5.41) is 0.741. The van der Waals surface area contributed by atoms with Crippen LogP contribution in [0.3, 0.4) is 0 Å². The number of fused-ring (bicyclic) bond motifs is 1. The molecule has 2 aliphatic rings. The number of aromatic nitrogens is 1. The number of hydrogen-bond donors (Lipinski definition) is 1. The van der Waals surface area contributed by atoms with Gasteiger partial charge < -0.3 is 10.6 Å². The SMILES string of the molecule is CCC(N)([C@H]1CCCN1C(=O)c1cc(-c2ccc(F)c(F)c2)nc2ccccc12)N1CCCC1. The van der Waals surface area contributed by atoms with Gasteiger partial charge in [-0.2, -0.15) is 0 Å². The Morgan fingerprint density at radius 1 is 1.06 bits per heavy atom. The molecule has 1 aromatic heterocycles. The van der Waals surface area contributed by atoms with Gasteiger partial charge in [-0.1, -0.05) is 25.1 Å². The number of amides is 1. The van der Waals surface area contributed by atoms with Gasteiger partial charge in [0.2, 0.25) is 0 Å². The Labute approximate surface area is 198 Å². The van der Waals surface area contributed by atoms with E-state index in [-0.39, 0.29) is 11.9 Å². The monoisotopic (exact) mass is 464 g/mol. The molecule has 5 nitrogen and oxygen atoms in total. The molecule has 5 rings (SSSR count). The molecule has 0 saturated carbocycles. The molecule has 2 aromatic carbocycles. The highest BCUT2D eigenvalue weighted by Crippen LogP contribution is 2.35. The molecular formula is C27H30F2N4O. The van der Waals surface area contributed by atoms with E-state index in [0.29, 0.717) is 28.9 Å². The second-order valence-electron chi connectivity index (χ2n) is 9.40. The smallest absolute Gasteiger partial charge is 0.254 e. The summed E-state index contributed by atoms with van der Waals surface area (Å²) in [5.41, 5.74) is 8.47. The molecule has 2 aliphatic heterocycles. The standard InChI is InChI=1S/C27H30F2N4O/c1-2-27(30,32-13-5-6-14-32)25-10-7-15-33(25)26(34)20-17-24(18-11-12-21(28)22(29)16-18)31-23-9-4-3-8-19(20)23/h3-4,8-9,11-12,16-17,25H,2,5-7,10,13-15,30H2,1H3/t25-,27?/m1/s1. The zero-order chi connectivity index (χ0) is 23.9. The maximum atomic E-state index is 14.0. The Kier molecular flexibility index (Phi) is 6.08. The summed E-state index contributed by atoms with van der Waals surface area (Å²) in [5.74, 6) is -1.95. The quantitative estimate of drug-likeness (QED) is 0.581. The van der Waals surface area contributed by atoms with Gasteiger partial charge in [-0.15, -0.1) is 0 Å². The lowest BCUT2D eigenvalue weighted by molar-refractivity contribution is 0.0240. The first-order valence-electron chi connectivity index (χ1n) is 12.1. The minimum atomic E-state index is -0.943. The van der Waals surface area contributed by atoms with E-state index in [1.54, 1.807) is 6.07 Å². The van der Waals surface area contributed by atoms with Crippen molar-refractivity contribution < 1.29 is 13.6 Å². The van der Waals surface area contributed by atoms with Crippen LogP contribution in [0.1, 0.15) is 49.4 Å². The molecule has 0 aliphatic carbocycles. The molecule has 178 valence electrons. The summed E-state index contributed by atoms with van der Waals surface area (Å²) >= 11 is 0. The van der Waals surface area contributed by atoms with Crippen LogP contribution in [0.15, 0.2) is 48.5 Å². The maximum Gasteiger partial charge on any atom is 0.254 e. The number of rotatable bonds is 5. The summed E-state index contributed by atoms with van der Waals surface area (Å²) in [7, 11) is 0. The average molecular weight is 465 g/mol. The van der Waals surface area contributed by atoms with Gasteiger partial charge in [0, 0.05) is 17.5 Å². The van der Waals surface area contributed by atoms with Crippen LogP contribution in [-0.4, -0.2) is 52.0 Å². The minimum absolute atomic E-state index is 0.0817. The molecule has 2 saturated heterocycles. The fraction of sp³-hybridized carbons (Fsp3) is 0.407. The number of nitrogens with zero attached hydrogens (tertiary/aromatic N) is 3. The van der Waals surface area contributed by atoms with Crippen LogP contribution in [0.4, 0.5) is 8.78 Å². The van der Waals surface area contributed by atoms with E-state index in [2.05, 4.69) is 16.8 Å². The largest absolute Gasteiger partial charge is 0.332 e. The molecule has 0 spiro atoms. The van der Waals surface area contributed by atoms with E-state index in [9.17, 15) is 13.6 Å².